The summed E-state index contributed by atoms with van der Waals surface area (Å²) >= 11 is 6.95. The second kappa shape index (κ2) is 3.11. The van der Waals surface area contributed by atoms with Crippen LogP contribution in [0.25, 0.3) is 0 Å². The van der Waals surface area contributed by atoms with E-state index >= 15 is 0 Å². The molecule has 0 heterocycles. The lowest BCUT2D eigenvalue weighted by molar-refractivity contribution is 0.612. The highest BCUT2D eigenvalue weighted by Crippen LogP contribution is 2.42. The lowest BCUT2D eigenvalue weighted by atomic mass is 10.1. The van der Waals surface area contributed by atoms with Gasteiger partial charge < -0.3 is 0 Å². The summed E-state index contributed by atoms with van der Waals surface area (Å²) in [6.45, 7) is 0. The van der Waals surface area contributed by atoms with Gasteiger partial charge >= 0.3 is 0 Å². The summed E-state index contributed by atoms with van der Waals surface area (Å²) in [5.41, 5.74) is 1.96. The van der Waals surface area contributed by atoms with E-state index < -0.39 is 0 Å². The minimum absolute atomic E-state index is 0.0739. The van der Waals surface area contributed by atoms with Crippen molar-refractivity contribution in [2.75, 3.05) is 0 Å². The van der Waals surface area contributed by atoms with E-state index in [1.54, 1.807) is 6.07 Å². The molecule has 0 nitrogen and oxygen atoms in total. The molecule has 0 saturated carbocycles. The van der Waals surface area contributed by atoms with Crippen LogP contribution in [0.1, 0.15) is 22.4 Å². The summed E-state index contributed by atoms with van der Waals surface area (Å²) in [6, 6.07) is 3.29. The maximum atomic E-state index is 13.2. The van der Waals surface area contributed by atoms with Crippen molar-refractivity contribution in [3.63, 3.8) is 0 Å². The molecule has 0 radical (unpaired) electrons. The molecule has 0 spiro atoms. The van der Waals surface area contributed by atoms with Gasteiger partial charge in [0.25, 0.3) is 0 Å². The van der Waals surface area contributed by atoms with E-state index in [4.69, 9.17) is 0 Å². The molecule has 3 heteroatoms. The Morgan fingerprint density at radius 3 is 2.83 bits per heavy atom. The number of halogens is 3. The van der Waals surface area contributed by atoms with Crippen LogP contribution in [0.3, 0.4) is 0 Å². The third kappa shape index (κ3) is 1.23. The molecule has 0 bridgehead atoms. The summed E-state index contributed by atoms with van der Waals surface area (Å²) in [7, 11) is 0. The van der Waals surface area contributed by atoms with Crippen LogP contribution in [0.4, 0.5) is 4.39 Å². The second-order valence-electron chi connectivity index (χ2n) is 2.93. The van der Waals surface area contributed by atoms with Gasteiger partial charge in [-0.2, -0.15) is 0 Å². The van der Waals surface area contributed by atoms with Crippen molar-refractivity contribution in [1.82, 2.24) is 0 Å². The van der Waals surface area contributed by atoms with Crippen LogP contribution in [0.5, 0.6) is 0 Å². The van der Waals surface area contributed by atoms with Crippen molar-refractivity contribution in [2.45, 2.75) is 17.7 Å². The molecule has 0 amide bonds. The summed E-state index contributed by atoms with van der Waals surface area (Å²) in [4.78, 5) is 0.317. The smallest absolute Gasteiger partial charge is 0.126 e. The fraction of sp³-hybridized carbons (Fsp3) is 0.333. The van der Waals surface area contributed by atoms with E-state index in [0.29, 0.717) is 4.83 Å². The predicted molar refractivity (Wildman–Crippen MR) is 54.1 cm³/mol. The molecule has 1 aromatic rings. The number of rotatable bonds is 0. The van der Waals surface area contributed by atoms with Gasteiger partial charge in [0.2, 0.25) is 0 Å². The van der Waals surface area contributed by atoms with E-state index in [2.05, 4.69) is 31.9 Å². The Hall–Kier alpha value is 0.110. The Morgan fingerprint density at radius 2 is 2.17 bits per heavy atom. The molecule has 1 unspecified atom stereocenters. The highest BCUT2D eigenvalue weighted by Gasteiger charge is 2.24. The van der Waals surface area contributed by atoms with Crippen LogP contribution >= 0.6 is 31.9 Å². The molecular formula is C9H7Br2F. The molecule has 0 saturated heterocycles. The monoisotopic (exact) mass is 292 g/mol. The number of benzene rings is 1. The zero-order valence-electron chi connectivity index (χ0n) is 6.28. The highest BCUT2D eigenvalue weighted by molar-refractivity contribution is 9.11. The van der Waals surface area contributed by atoms with Crippen molar-refractivity contribution in [3.8, 4) is 0 Å². The topological polar surface area (TPSA) is 0 Å². The van der Waals surface area contributed by atoms with Gasteiger partial charge in [0.15, 0.2) is 0 Å². The molecule has 12 heavy (non-hydrogen) atoms. The van der Waals surface area contributed by atoms with Crippen LogP contribution in [0.2, 0.25) is 0 Å². The van der Waals surface area contributed by atoms with E-state index in [-0.39, 0.29) is 5.82 Å². The van der Waals surface area contributed by atoms with Gasteiger partial charge in [-0.1, -0.05) is 31.9 Å². The van der Waals surface area contributed by atoms with Crippen molar-refractivity contribution < 1.29 is 4.39 Å². The van der Waals surface area contributed by atoms with Gasteiger partial charge in [0, 0.05) is 9.30 Å². The van der Waals surface area contributed by atoms with Gasteiger partial charge in [-0.3, -0.25) is 0 Å². The van der Waals surface area contributed by atoms with E-state index in [0.717, 1.165) is 28.4 Å². The summed E-state index contributed by atoms with van der Waals surface area (Å²) in [6.07, 6.45) is 1.84. The number of alkyl halides is 1. The van der Waals surface area contributed by atoms with Gasteiger partial charge in [0.1, 0.15) is 5.82 Å². The lowest BCUT2D eigenvalue weighted by Gasteiger charge is -2.05. The quantitative estimate of drug-likeness (QED) is 0.635. The van der Waals surface area contributed by atoms with Crippen LogP contribution in [-0.2, 0) is 6.42 Å². The first-order valence-corrected chi connectivity index (χ1v) is 5.52. The number of hydrogen-bond acceptors (Lipinski definition) is 0. The predicted octanol–water partition coefficient (Wildman–Crippen LogP) is 3.97. The van der Waals surface area contributed by atoms with E-state index in [1.807, 2.05) is 0 Å². The molecular weight excluding hydrogens is 287 g/mol. The Morgan fingerprint density at radius 1 is 1.42 bits per heavy atom. The second-order valence-corrected chi connectivity index (χ2v) is 4.89. The first-order chi connectivity index (χ1) is 5.70. The Kier molecular flexibility index (Phi) is 2.25. The third-order valence-corrected chi connectivity index (χ3v) is 3.81. The van der Waals surface area contributed by atoms with Crippen molar-refractivity contribution >= 4 is 31.9 Å². The van der Waals surface area contributed by atoms with Gasteiger partial charge in [-0.05, 0) is 36.1 Å². The first-order valence-electron chi connectivity index (χ1n) is 3.81. The van der Waals surface area contributed by atoms with Crippen molar-refractivity contribution in [3.05, 3.63) is 33.5 Å². The van der Waals surface area contributed by atoms with Crippen LogP contribution in [0.15, 0.2) is 16.6 Å². The van der Waals surface area contributed by atoms with E-state index in [9.17, 15) is 4.39 Å². The molecule has 0 N–H and O–H groups in total. The average Bonchev–Trinajstić information content (AvgIpc) is 2.42. The molecule has 1 atom stereocenters. The summed E-state index contributed by atoms with van der Waals surface area (Å²) < 4.78 is 14.2. The van der Waals surface area contributed by atoms with Crippen molar-refractivity contribution in [2.24, 2.45) is 0 Å². The number of fused-ring (bicyclic) bond motifs is 1. The molecule has 64 valence electrons. The molecule has 1 aliphatic rings. The minimum Gasteiger partial charge on any atom is -0.207 e. The molecule has 2 rings (SSSR count). The maximum Gasteiger partial charge on any atom is 0.126 e. The lowest BCUT2D eigenvalue weighted by Crippen LogP contribution is -1.89. The molecule has 0 aromatic heterocycles. The summed E-state index contributed by atoms with van der Waals surface area (Å²) in [5.74, 6) is -0.0739. The summed E-state index contributed by atoms with van der Waals surface area (Å²) in [5, 5.41) is 0. The minimum atomic E-state index is -0.0739. The fourth-order valence-corrected chi connectivity index (χ4v) is 3.32. The molecule has 0 fully saturated rings. The third-order valence-electron chi connectivity index (χ3n) is 2.21. The average molecular weight is 294 g/mol. The zero-order valence-corrected chi connectivity index (χ0v) is 9.45. The highest BCUT2D eigenvalue weighted by atomic mass is 79.9. The van der Waals surface area contributed by atoms with Crippen molar-refractivity contribution in [1.29, 1.82) is 0 Å². The Labute approximate surface area is 87.4 Å². The van der Waals surface area contributed by atoms with Gasteiger partial charge in [0.05, 0.1) is 0 Å². The Bertz CT molecular complexity index is 323. The number of hydrogen-bond donors (Lipinski definition) is 0. The zero-order chi connectivity index (χ0) is 8.72. The SMILES string of the molecule is Fc1ccc(Br)c2c1CCC2Br. The van der Waals surface area contributed by atoms with Gasteiger partial charge in [-0.15, -0.1) is 0 Å². The van der Waals surface area contributed by atoms with Crippen LogP contribution in [0, 0.1) is 5.82 Å². The molecule has 0 aliphatic heterocycles. The largest absolute Gasteiger partial charge is 0.207 e. The van der Waals surface area contributed by atoms with E-state index in [1.165, 1.54) is 6.07 Å². The maximum absolute atomic E-state index is 13.2. The van der Waals surface area contributed by atoms with Crippen LogP contribution in [-0.4, -0.2) is 0 Å². The normalized spacial score (nSPS) is 21.1. The molecule has 1 aliphatic carbocycles. The standard InChI is InChI=1S/C9H7Br2F/c10-6-2-1-5-8(12)4-3-7(11)9(5)6/h3-4,6H,1-2H2. The fourth-order valence-electron chi connectivity index (χ4n) is 1.62. The molecule has 1 aromatic carbocycles. The van der Waals surface area contributed by atoms with Gasteiger partial charge in [-0.25, -0.2) is 4.39 Å². The Balaban J connectivity index is 2.64. The first kappa shape index (κ1) is 8.70. The van der Waals surface area contributed by atoms with Crippen LogP contribution < -0.4 is 0 Å².